The second kappa shape index (κ2) is 7.94. The second-order valence-corrected chi connectivity index (χ2v) is 7.69. The molecular weight excluding hydrogens is 258 g/mol. The third-order valence-corrected chi connectivity index (χ3v) is 5.91. The van der Waals surface area contributed by atoms with Crippen LogP contribution in [0.25, 0.3) is 0 Å². The van der Waals surface area contributed by atoms with Crippen LogP contribution in [0.5, 0.6) is 0 Å². The molecule has 3 aliphatic rings. The fraction of sp³-hybridized carbons (Fsp3) is 1.00. The summed E-state index contributed by atoms with van der Waals surface area (Å²) in [6.45, 7) is 7.55. The summed E-state index contributed by atoms with van der Waals surface area (Å²) in [7, 11) is 0. The molecule has 4 unspecified atom stereocenters. The first-order chi connectivity index (χ1) is 10.3. The maximum atomic E-state index is 4.01. The fourth-order valence-corrected chi connectivity index (χ4v) is 4.87. The number of piperidine rings is 1. The molecule has 0 bridgehead atoms. The van der Waals surface area contributed by atoms with E-state index in [4.69, 9.17) is 0 Å². The summed E-state index contributed by atoms with van der Waals surface area (Å²) < 4.78 is 0. The molecule has 122 valence electrons. The van der Waals surface area contributed by atoms with Gasteiger partial charge in [-0.2, -0.15) is 0 Å². The van der Waals surface area contributed by atoms with Crippen LogP contribution in [0.4, 0.5) is 0 Å². The minimum atomic E-state index is 0.648. The molecule has 1 aliphatic carbocycles. The third-order valence-electron chi connectivity index (χ3n) is 5.91. The number of nitrogens with zero attached hydrogens (tertiary/aromatic N) is 1. The lowest BCUT2D eigenvalue weighted by Crippen LogP contribution is -2.52. The molecule has 0 spiro atoms. The van der Waals surface area contributed by atoms with Gasteiger partial charge in [0.2, 0.25) is 0 Å². The van der Waals surface area contributed by atoms with Gasteiger partial charge in [-0.1, -0.05) is 19.3 Å². The van der Waals surface area contributed by atoms with Crippen LogP contribution in [0.1, 0.15) is 64.7 Å². The van der Waals surface area contributed by atoms with Crippen molar-refractivity contribution in [3.05, 3.63) is 0 Å². The van der Waals surface area contributed by atoms with Gasteiger partial charge in [-0.25, -0.2) is 0 Å². The normalized spacial score (nSPS) is 36.7. The number of likely N-dealkylation sites (tertiary alicyclic amines) is 1. The Morgan fingerprint density at radius 2 is 1.81 bits per heavy atom. The Bertz CT molecular complexity index is 295. The highest BCUT2D eigenvalue weighted by molar-refractivity contribution is 4.92. The highest BCUT2D eigenvalue weighted by Crippen LogP contribution is 2.31. The lowest BCUT2D eigenvalue weighted by molar-refractivity contribution is 0.169. The molecule has 1 saturated carbocycles. The summed E-state index contributed by atoms with van der Waals surface area (Å²) in [4.78, 5) is 2.67. The van der Waals surface area contributed by atoms with Crippen molar-refractivity contribution in [2.45, 2.75) is 82.8 Å². The van der Waals surface area contributed by atoms with Crippen LogP contribution in [-0.2, 0) is 0 Å². The molecule has 0 aromatic carbocycles. The lowest BCUT2D eigenvalue weighted by atomic mass is 9.79. The summed E-state index contributed by atoms with van der Waals surface area (Å²) >= 11 is 0. The van der Waals surface area contributed by atoms with E-state index in [-0.39, 0.29) is 0 Å². The number of rotatable bonds is 5. The van der Waals surface area contributed by atoms with Gasteiger partial charge in [0.25, 0.3) is 0 Å². The van der Waals surface area contributed by atoms with Gasteiger partial charge < -0.3 is 15.5 Å². The molecule has 2 N–H and O–H groups in total. The monoisotopic (exact) mass is 293 g/mol. The average Bonchev–Trinajstić information content (AvgIpc) is 3.03. The number of hydrogen-bond donors (Lipinski definition) is 2. The number of hydrogen-bond acceptors (Lipinski definition) is 3. The zero-order valence-corrected chi connectivity index (χ0v) is 13.9. The lowest BCUT2D eigenvalue weighted by Gasteiger charge is -2.39. The van der Waals surface area contributed by atoms with Crippen molar-refractivity contribution in [2.75, 3.05) is 26.2 Å². The molecule has 3 rings (SSSR count). The standard InChI is InChI=1S/C18H35N3/c1-15(14-21-12-5-2-6-13-21)20-18-9-4-3-8-16(18)17-10-7-11-19-17/h15-20H,2-14H2,1H3. The van der Waals surface area contributed by atoms with Crippen molar-refractivity contribution >= 4 is 0 Å². The van der Waals surface area contributed by atoms with E-state index in [1.54, 1.807) is 0 Å². The van der Waals surface area contributed by atoms with Crippen molar-refractivity contribution in [1.29, 1.82) is 0 Å². The average molecular weight is 293 g/mol. The highest BCUT2D eigenvalue weighted by Gasteiger charge is 2.33. The van der Waals surface area contributed by atoms with Gasteiger partial charge in [-0.15, -0.1) is 0 Å². The minimum absolute atomic E-state index is 0.648. The van der Waals surface area contributed by atoms with E-state index in [0.717, 1.165) is 18.0 Å². The van der Waals surface area contributed by atoms with Crippen LogP contribution in [0.3, 0.4) is 0 Å². The fourth-order valence-electron chi connectivity index (χ4n) is 4.87. The van der Waals surface area contributed by atoms with Crippen molar-refractivity contribution in [1.82, 2.24) is 15.5 Å². The second-order valence-electron chi connectivity index (χ2n) is 7.69. The maximum Gasteiger partial charge on any atom is 0.0169 e. The molecule has 0 amide bonds. The van der Waals surface area contributed by atoms with E-state index in [0.29, 0.717) is 6.04 Å². The smallest absolute Gasteiger partial charge is 0.0169 e. The highest BCUT2D eigenvalue weighted by atomic mass is 15.2. The molecule has 2 heterocycles. The van der Waals surface area contributed by atoms with Crippen LogP contribution in [0.15, 0.2) is 0 Å². The predicted octanol–water partition coefficient (Wildman–Crippen LogP) is 2.76. The zero-order valence-electron chi connectivity index (χ0n) is 13.9. The Morgan fingerprint density at radius 3 is 2.57 bits per heavy atom. The van der Waals surface area contributed by atoms with Crippen LogP contribution in [0.2, 0.25) is 0 Å². The minimum Gasteiger partial charge on any atom is -0.314 e. The Labute approximate surface area is 131 Å². The summed E-state index contributed by atoms with van der Waals surface area (Å²) in [6.07, 6.45) is 12.8. The van der Waals surface area contributed by atoms with E-state index in [9.17, 15) is 0 Å². The molecule has 2 aliphatic heterocycles. The van der Waals surface area contributed by atoms with Gasteiger partial charge in [0.1, 0.15) is 0 Å². The van der Waals surface area contributed by atoms with Gasteiger partial charge in [0.05, 0.1) is 0 Å². The van der Waals surface area contributed by atoms with Gasteiger partial charge in [-0.05, 0) is 71.0 Å². The van der Waals surface area contributed by atoms with Gasteiger partial charge in [0, 0.05) is 24.7 Å². The third kappa shape index (κ3) is 4.43. The largest absolute Gasteiger partial charge is 0.314 e. The first kappa shape index (κ1) is 15.8. The van der Waals surface area contributed by atoms with Crippen molar-refractivity contribution in [2.24, 2.45) is 5.92 Å². The summed E-state index contributed by atoms with van der Waals surface area (Å²) in [5.74, 6) is 0.880. The van der Waals surface area contributed by atoms with Gasteiger partial charge in [-0.3, -0.25) is 0 Å². The molecule has 2 saturated heterocycles. The molecule has 0 radical (unpaired) electrons. The molecule has 21 heavy (non-hydrogen) atoms. The summed E-state index contributed by atoms with van der Waals surface area (Å²) in [5, 5.41) is 7.77. The van der Waals surface area contributed by atoms with Crippen molar-refractivity contribution in [3.63, 3.8) is 0 Å². The molecule has 3 fully saturated rings. The first-order valence-electron chi connectivity index (χ1n) is 9.55. The van der Waals surface area contributed by atoms with Gasteiger partial charge in [0.15, 0.2) is 0 Å². The molecular formula is C18H35N3. The SMILES string of the molecule is CC(CN1CCCCC1)NC1CCCCC1C1CCCN1. The summed E-state index contributed by atoms with van der Waals surface area (Å²) in [5.41, 5.74) is 0. The van der Waals surface area contributed by atoms with Crippen LogP contribution >= 0.6 is 0 Å². The van der Waals surface area contributed by atoms with E-state index < -0.39 is 0 Å². The molecule has 0 aromatic rings. The summed E-state index contributed by atoms with van der Waals surface area (Å²) in [6, 6.07) is 2.20. The Morgan fingerprint density at radius 1 is 1.00 bits per heavy atom. The Hall–Kier alpha value is -0.120. The quantitative estimate of drug-likeness (QED) is 0.816. The van der Waals surface area contributed by atoms with Crippen LogP contribution in [-0.4, -0.2) is 49.2 Å². The first-order valence-corrected chi connectivity index (χ1v) is 9.55. The molecule has 3 heteroatoms. The van der Waals surface area contributed by atoms with E-state index in [2.05, 4.69) is 22.5 Å². The maximum absolute atomic E-state index is 4.01. The predicted molar refractivity (Wildman–Crippen MR) is 89.7 cm³/mol. The molecule has 0 aromatic heterocycles. The Kier molecular flexibility index (Phi) is 5.96. The molecule has 3 nitrogen and oxygen atoms in total. The van der Waals surface area contributed by atoms with E-state index in [1.807, 2.05) is 0 Å². The topological polar surface area (TPSA) is 27.3 Å². The van der Waals surface area contributed by atoms with E-state index >= 15 is 0 Å². The van der Waals surface area contributed by atoms with Crippen molar-refractivity contribution < 1.29 is 0 Å². The van der Waals surface area contributed by atoms with Crippen molar-refractivity contribution in [3.8, 4) is 0 Å². The van der Waals surface area contributed by atoms with Crippen LogP contribution < -0.4 is 10.6 Å². The van der Waals surface area contributed by atoms with E-state index in [1.165, 1.54) is 84.0 Å². The van der Waals surface area contributed by atoms with Gasteiger partial charge >= 0.3 is 0 Å². The number of nitrogens with one attached hydrogen (secondary N) is 2. The Balaban J connectivity index is 1.48. The zero-order chi connectivity index (χ0) is 14.5. The molecule has 4 atom stereocenters. The van der Waals surface area contributed by atoms with Crippen LogP contribution in [0, 0.1) is 5.92 Å².